The Morgan fingerprint density at radius 1 is 1.40 bits per heavy atom. The molecule has 0 atom stereocenters. The van der Waals surface area contributed by atoms with Crippen molar-refractivity contribution in [1.29, 1.82) is 0 Å². The molecular formula is C16H15ClFN5O2. The van der Waals surface area contributed by atoms with Gasteiger partial charge in [0.1, 0.15) is 12.1 Å². The van der Waals surface area contributed by atoms with E-state index < -0.39 is 12.4 Å². The summed E-state index contributed by atoms with van der Waals surface area (Å²) in [6.45, 7) is 0.527. The third-order valence-electron chi connectivity index (χ3n) is 4.42. The lowest BCUT2D eigenvalue weighted by molar-refractivity contribution is -0.135. The molecule has 25 heavy (non-hydrogen) atoms. The molecule has 130 valence electrons. The minimum absolute atomic E-state index is 0.0214. The Bertz CT molecular complexity index is 996. The maximum Gasteiger partial charge on any atom is 0.248 e. The summed E-state index contributed by atoms with van der Waals surface area (Å²) in [4.78, 5) is 13.4. The van der Waals surface area contributed by atoms with Crippen LogP contribution in [0.3, 0.4) is 0 Å². The normalized spacial score (nSPS) is 14.2. The van der Waals surface area contributed by atoms with E-state index in [9.17, 15) is 9.18 Å². The van der Waals surface area contributed by atoms with Crippen LogP contribution in [-0.2, 0) is 24.9 Å². The number of carbonyl (C=O) groups is 1. The summed E-state index contributed by atoms with van der Waals surface area (Å²) in [6, 6.07) is 3.35. The van der Waals surface area contributed by atoms with Gasteiger partial charge >= 0.3 is 0 Å². The molecule has 1 amide bonds. The van der Waals surface area contributed by atoms with Crippen LogP contribution in [0.5, 0.6) is 0 Å². The second-order valence-corrected chi connectivity index (χ2v) is 6.37. The van der Waals surface area contributed by atoms with Gasteiger partial charge in [-0.15, -0.1) is 0 Å². The molecule has 0 saturated carbocycles. The van der Waals surface area contributed by atoms with E-state index in [1.165, 1.54) is 11.0 Å². The van der Waals surface area contributed by atoms with Crippen LogP contribution in [0.2, 0.25) is 5.02 Å². The van der Waals surface area contributed by atoms with Crippen molar-refractivity contribution < 1.29 is 14.3 Å². The van der Waals surface area contributed by atoms with Gasteiger partial charge in [-0.1, -0.05) is 11.6 Å². The van der Waals surface area contributed by atoms with Gasteiger partial charge in [0.25, 0.3) is 0 Å². The van der Waals surface area contributed by atoms with Crippen LogP contribution in [0.15, 0.2) is 18.3 Å². The van der Waals surface area contributed by atoms with Crippen LogP contribution >= 0.6 is 11.6 Å². The zero-order valence-corrected chi connectivity index (χ0v) is 14.2. The molecule has 1 aliphatic heterocycles. The van der Waals surface area contributed by atoms with E-state index in [0.29, 0.717) is 35.4 Å². The first kappa shape index (κ1) is 16.0. The molecule has 0 radical (unpaired) electrons. The molecule has 0 fully saturated rings. The van der Waals surface area contributed by atoms with Crippen molar-refractivity contribution in [2.75, 3.05) is 13.2 Å². The van der Waals surface area contributed by atoms with Gasteiger partial charge in [0, 0.05) is 30.7 Å². The highest BCUT2D eigenvalue weighted by Crippen LogP contribution is 2.37. The van der Waals surface area contributed by atoms with E-state index >= 15 is 0 Å². The molecule has 0 aliphatic carbocycles. The van der Waals surface area contributed by atoms with Crippen LogP contribution < -0.4 is 0 Å². The van der Waals surface area contributed by atoms with Gasteiger partial charge in [-0.25, -0.2) is 4.39 Å². The lowest BCUT2D eigenvalue weighted by Gasteiger charge is -2.27. The summed E-state index contributed by atoms with van der Waals surface area (Å²) in [5.74, 6) is -0.951. The second kappa shape index (κ2) is 5.82. The number of halogens is 2. The number of aliphatic hydroxyl groups is 1. The standard InChI is InChI=1S/C16H15ClFN5O2/c1-21-3-2-11(19-21)9-6-10(17)15(18)16-14(9)12-7-22(13(25)8-24)4-5-23(12)20-16/h2-3,6,24H,4-5,7-8H2,1H3. The highest BCUT2D eigenvalue weighted by Gasteiger charge is 2.27. The molecule has 1 N–H and O–H groups in total. The fraction of sp³-hybridized carbons (Fsp3) is 0.312. The van der Waals surface area contributed by atoms with Crippen LogP contribution in [0.4, 0.5) is 4.39 Å². The van der Waals surface area contributed by atoms with Crippen LogP contribution in [0, 0.1) is 5.82 Å². The molecule has 4 rings (SSSR count). The number of aryl methyl sites for hydroxylation is 1. The molecule has 3 heterocycles. The van der Waals surface area contributed by atoms with E-state index in [-0.39, 0.29) is 23.0 Å². The largest absolute Gasteiger partial charge is 0.387 e. The number of nitrogens with zero attached hydrogens (tertiary/aromatic N) is 5. The van der Waals surface area contributed by atoms with Crippen molar-refractivity contribution >= 4 is 28.4 Å². The number of fused-ring (bicyclic) bond motifs is 3. The van der Waals surface area contributed by atoms with Crippen LogP contribution in [-0.4, -0.2) is 48.6 Å². The van der Waals surface area contributed by atoms with E-state index in [0.717, 1.165) is 0 Å². The van der Waals surface area contributed by atoms with E-state index in [4.69, 9.17) is 16.7 Å². The minimum Gasteiger partial charge on any atom is -0.387 e. The van der Waals surface area contributed by atoms with Crippen molar-refractivity contribution in [1.82, 2.24) is 24.5 Å². The topological polar surface area (TPSA) is 76.2 Å². The third-order valence-corrected chi connectivity index (χ3v) is 4.69. The molecule has 1 aromatic carbocycles. The van der Waals surface area contributed by atoms with Gasteiger partial charge < -0.3 is 10.0 Å². The molecule has 3 aromatic rings. The zero-order chi connectivity index (χ0) is 17.7. The van der Waals surface area contributed by atoms with Crippen molar-refractivity contribution in [3.05, 3.63) is 34.9 Å². The Balaban J connectivity index is 1.96. The van der Waals surface area contributed by atoms with Gasteiger partial charge in [0.15, 0.2) is 5.82 Å². The molecule has 2 aromatic heterocycles. The van der Waals surface area contributed by atoms with Crippen LogP contribution in [0.1, 0.15) is 5.69 Å². The fourth-order valence-corrected chi connectivity index (χ4v) is 3.40. The van der Waals surface area contributed by atoms with Crippen molar-refractivity contribution in [3.8, 4) is 11.3 Å². The Morgan fingerprint density at radius 2 is 2.20 bits per heavy atom. The zero-order valence-electron chi connectivity index (χ0n) is 13.4. The second-order valence-electron chi connectivity index (χ2n) is 5.96. The fourth-order valence-electron chi connectivity index (χ4n) is 3.20. The first-order chi connectivity index (χ1) is 12.0. The first-order valence-electron chi connectivity index (χ1n) is 7.75. The molecule has 0 spiro atoms. The summed E-state index contributed by atoms with van der Waals surface area (Å²) in [7, 11) is 1.79. The summed E-state index contributed by atoms with van der Waals surface area (Å²) in [6.07, 6.45) is 1.79. The average molecular weight is 364 g/mol. The smallest absolute Gasteiger partial charge is 0.248 e. The predicted molar refractivity (Wildman–Crippen MR) is 89.4 cm³/mol. The lowest BCUT2D eigenvalue weighted by Crippen LogP contribution is -2.39. The van der Waals surface area contributed by atoms with Crippen molar-refractivity contribution in [2.24, 2.45) is 7.05 Å². The number of benzene rings is 1. The number of aliphatic hydroxyl groups excluding tert-OH is 1. The molecule has 0 unspecified atom stereocenters. The minimum atomic E-state index is -0.585. The van der Waals surface area contributed by atoms with Crippen molar-refractivity contribution in [3.63, 3.8) is 0 Å². The van der Waals surface area contributed by atoms with Gasteiger partial charge in [-0.2, -0.15) is 10.2 Å². The first-order valence-corrected chi connectivity index (χ1v) is 8.13. The maximum atomic E-state index is 14.6. The van der Waals surface area contributed by atoms with Gasteiger partial charge in [-0.05, 0) is 12.1 Å². The quantitative estimate of drug-likeness (QED) is 0.749. The molecular weight excluding hydrogens is 349 g/mol. The SMILES string of the molecule is Cn1ccc(-c2cc(Cl)c(F)c3nn4c(c23)CN(C(=O)CO)CC4)n1. The van der Waals surface area contributed by atoms with E-state index in [1.54, 1.807) is 22.6 Å². The number of rotatable bonds is 2. The highest BCUT2D eigenvalue weighted by molar-refractivity contribution is 6.32. The highest BCUT2D eigenvalue weighted by atomic mass is 35.5. The predicted octanol–water partition coefficient (Wildman–Crippen LogP) is 1.56. The monoisotopic (exact) mass is 363 g/mol. The molecule has 1 aliphatic rings. The number of amides is 1. The Labute approximate surface area is 147 Å². The Morgan fingerprint density at radius 3 is 2.88 bits per heavy atom. The van der Waals surface area contributed by atoms with Gasteiger partial charge in [-0.3, -0.25) is 14.2 Å². The molecule has 7 nitrogen and oxygen atoms in total. The Hall–Kier alpha value is -2.45. The third kappa shape index (κ3) is 2.49. The molecule has 0 bridgehead atoms. The molecule has 9 heteroatoms. The lowest BCUT2D eigenvalue weighted by atomic mass is 10.0. The average Bonchev–Trinajstić information content (AvgIpc) is 3.20. The van der Waals surface area contributed by atoms with Crippen molar-refractivity contribution in [2.45, 2.75) is 13.1 Å². The number of hydrogen-bond donors (Lipinski definition) is 1. The van der Waals surface area contributed by atoms with Crippen LogP contribution in [0.25, 0.3) is 22.2 Å². The van der Waals surface area contributed by atoms with E-state index in [1.807, 2.05) is 6.07 Å². The summed E-state index contributed by atoms with van der Waals surface area (Å²) < 4.78 is 17.9. The van der Waals surface area contributed by atoms with E-state index in [2.05, 4.69) is 10.2 Å². The number of aromatic nitrogens is 4. The Kier molecular flexibility index (Phi) is 3.73. The number of carbonyl (C=O) groups excluding carboxylic acids is 1. The maximum absolute atomic E-state index is 14.6. The molecule has 0 saturated heterocycles. The summed E-state index contributed by atoms with van der Waals surface area (Å²) in [5.41, 5.74) is 2.19. The van der Waals surface area contributed by atoms with Gasteiger partial charge in [0.2, 0.25) is 5.91 Å². The summed E-state index contributed by atoms with van der Waals surface area (Å²) in [5, 5.41) is 18.4. The number of hydrogen-bond acceptors (Lipinski definition) is 4. The summed E-state index contributed by atoms with van der Waals surface area (Å²) >= 11 is 6.06. The van der Waals surface area contributed by atoms with Gasteiger partial charge in [0.05, 0.1) is 29.5 Å².